The molecule has 0 saturated carbocycles. The van der Waals surface area contributed by atoms with Crippen LogP contribution in [0.5, 0.6) is 0 Å². The molecule has 1 rings (SSSR count). The van der Waals surface area contributed by atoms with Gasteiger partial charge in [-0.05, 0) is 67.9 Å². The Labute approximate surface area is 216 Å². The third-order valence-corrected chi connectivity index (χ3v) is 8.52. The molecule has 0 spiro atoms. The minimum absolute atomic E-state index is 0. The molecule has 0 atom stereocenters. The molecule has 0 unspecified atom stereocenters. The SMILES string of the molecule is CCCCCCCCCCCCCCCCCCc1c(C)c(CCO)c(C)c(S(=O)(=O)O)c1C.N. The second kappa shape index (κ2) is 19.2. The first-order valence-electron chi connectivity index (χ1n) is 14.0. The van der Waals surface area contributed by atoms with Crippen LogP contribution in [0.2, 0.25) is 0 Å². The summed E-state index contributed by atoms with van der Waals surface area (Å²) in [5, 5.41) is 9.44. The van der Waals surface area contributed by atoms with E-state index < -0.39 is 10.1 Å². The molecule has 0 aliphatic heterocycles. The van der Waals surface area contributed by atoms with Gasteiger partial charge in [0.25, 0.3) is 10.1 Å². The molecule has 35 heavy (non-hydrogen) atoms. The first-order chi connectivity index (χ1) is 16.3. The van der Waals surface area contributed by atoms with Crippen LogP contribution in [0.3, 0.4) is 0 Å². The van der Waals surface area contributed by atoms with Gasteiger partial charge in [-0.25, -0.2) is 0 Å². The van der Waals surface area contributed by atoms with Crippen LogP contribution in [0.4, 0.5) is 0 Å². The fourth-order valence-corrected chi connectivity index (χ4v) is 6.42. The summed E-state index contributed by atoms with van der Waals surface area (Å²) in [6.07, 6.45) is 22.5. The molecule has 0 aromatic heterocycles. The van der Waals surface area contributed by atoms with E-state index in [0.717, 1.165) is 36.0 Å². The molecule has 0 radical (unpaired) electrons. The zero-order valence-corrected chi connectivity index (χ0v) is 24.1. The van der Waals surface area contributed by atoms with E-state index in [9.17, 15) is 18.1 Å². The van der Waals surface area contributed by atoms with Crippen molar-refractivity contribution in [1.82, 2.24) is 6.15 Å². The first-order valence-corrected chi connectivity index (χ1v) is 15.4. The summed E-state index contributed by atoms with van der Waals surface area (Å²) in [7, 11) is -4.29. The summed E-state index contributed by atoms with van der Waals surface area (Å²) < 4.78 is 33.8. The van der Waals surface area contributed by atoms with E-state index in [0.29, 0.717) is 17.5 Å². The van der Waals surface area contributed by atoms with Gasteiger partial charge in [0.2, 0.25) is 0 Å². The van der Waals surface area contributed by atoms with E-state index >= 15 is 0 Å². The van der Waals surface area contributed by atoms with E-state index in [1.54, 1.807) is 13.8 Å². The largest absolute Gasteiger partial charge is 0.396 e. The summed E-state index contributed by atoms with van der Waals surface area (Å²) in [5.74, 6) is 0. The lowest BCUT2D eigenvalue weighted by Crippen LogP contribution is -2.13. The molecule has 1 aromatic carbocycles. The van der Waals surface area contributed by atoms with Crippen molar-refractivity contribution in [1.29, 1.82) is 0 Å². The number of aliphatic hydroxyl groups excluding tert-OH is 1. The Morgan fingerprint density at radius 1 is 0.571 bits per heavy atom. The molecule has 206 valence electrons. The first kappa shape index (κ1) is 34.0. The van der Waals surface area contributed by atoms with Gasteiger partial charge < -0.3 is 11.3 Å². The Morgan fingerprint density at radius 2 is 0.914 bits per heavy atom. The number of benzene rings is 1. The number of aliphatic hydroxyl groups is 1. The lowest BCUT2D eigenvalue weighted by molar-refractivity contribution is 0.299. The van der Waals surface area contributed by atoms with Crippen LogP contribution in [0.25, 0.3) is 0 Å². The predicted molar refractivity (Wildman–Crippen MR) is 150 cm³/mol. The van der Waals surface area contributed by atoms with Crippen LogP contribution >= 0.6 is 0 Å². The topological polar surface area (TPSA) is 110 Å². The van der Waals surface area contributed by atoms with Crippen LogP contribution < -0.4 is 6.15 Å². The number of hydrogen-bond donors (Lipinski definition) is 3. The molecule has 0 aliphatic carbocycles. The molecular formula is C29H55NO4S. The van der Waals surface area contributed by atoms with Crippen LogP contribution in [0.1, 0.15) is 137 Å². The Balaban J connectivity index is 0.0000116. The van der Waals surface area contributed by atoms with E-state index in [2.05, 4.69) is 6.92 Å². The normalized spacial score (nSPS) is 11.6. The molecule has 5 N–H and O–H groups in total. The zero-order valence-electron chi connectivity index (χ0n) is 23.3. The maximum absolute atomic E-state index is 12.0. The Kier molecular flexibility index (Phi) is 18.7. The van der Waals surface area contributed by atoms with E-state index in [-0.39, 0.29) is 17.7 Å². The van der Waals surface area contributed by atoms with Crippen molar-refractivity contribution in [2.75, 3.05) is 6.61 Å². The van der Waals surface area contributed by atoms with Gasteiger partial charge in [0, 0.05) is 6.61 Å². The van der Waals surface area contributed by atoms with Gasteiger partial charge in [0.1, 0.15) is 4.90 Å². The van der Waals surface area contributed by atoms with E-state index in [1.165, 1.54) is 89.9 Å². The average molecular weight is 514 g/mol. The molecule has 1 aromatic rings. The van der Waals surface area contributed by atoms with Crippen molar-refractivity contribution >= 4 is 10.1 Å². The van der Waals surface area contributed by atoms with Crippen molar-refractivity contribution in [2.24, 2.45) is 0 Å². The molecule has 0 aliphatic rings. The van der Waals surface area contributed by atoms with Gasteiger partial charge in [0.15, 0.2) is 0 Å². The van der Waals surface area contributed by atoms with Crippen molar-refractivity contribution in [3.63, 3.8) is 0 Å². The van der Waals surface area contributed by atoms with Crippen molar-refractivity contribution in [3.05, 3.63) is 27.8 Å². The van der Waals surface area contributed by atoms with Crippen molar-refractivity contribution in [2.45, 2.75) is 148 Å². The number of unbranched alkanes of at least 4 members (excludes halogenated alkanes) is 15. The van der Waals surface area contributed by atoms with Crippen LogP contribution in [-0.4, -0.2) is 24.7 Å². The second-order valence-electron chi connectivity index (χ2n) is 10.2. The monoisotopic (exact) mass is 513 g/mol. The highest BCUT2D eigenvalue weighted by atomic mass is 32.2. The molecule has 0 heterocycles. The maximum Gasteiger partial charge on any atom is 0.295 e. The molecule has 0 saturated heterocycles. The van der Waals surface area contributed by atoms with Gasteiger partial charge in [-0.2, -0.15) is 8.42 Å². The lowest BCUT2D eigenvalue weighted by atomic mass is 9.89. The lowest BCUT2D eigenvalue weighted by Gasteiger charge is -2.20. The van der Waals surface area contributed by atoms with Crippen LogP contribution in [0, 0.1) is 20.8 Å². The van der Waals surface area contributed by atoms with Gasteiger partial charge in [0.05, 0.1) is 0 Å². The van der Waals surface area contributed by atoms with E-state index in [1.807, 2.05) is 6.92 Å². The third-order valence-electron chi connectivity index (χ3n) is 7.39. The van der Waals surface area contributed by atoms with Crippen molar-refractivity contribution < 1.29 is 18.1 Å². The quantitative estimate of drug-likeness (QED) is 0.120. The van der Waals surface area contributed by atoms with Gasteiger partial charge in [-0.3, -0.25) is 4.55 Å². The fraction of sp³-hybridized carbons (Fsp3) is 0.793. The smallest absolute Gasteiger partial charge is 0.295 e. The number of hydrogen-bond acceptors (Lipinski definition) is 4. The fourth-order valence-electron chi connectivity index (χ4n) is 5.40. The summed E-state index contributed by atoms with van der Waals surface area (Å²) in [5.41, 5.74) is 4.18. The second-order valence-corrected chi connectivity index (χ2v) is 11.5. The highest BCUT2D eigenvalue weighted by Crippen LogP contribution is 2.32. The average Bonchev–Trinajstić information content (AvgIpc) is 2.77. The Hall–Kier alpha value is -0.950. The maximum atomic E-state index is 12.0. The number of rotatable bonds is 20. The highest BCUT2D eigenvalue weighted by Gasteiger charge is 2.23. The standard InChI is InChI=1S/C29H52O4S.H3N/c1-5-6-7-8-9-10-11-12-13-14-15-16-17-18-19-20-21-27-24(2)28(22-23-30)26(4)29(25(27)3)34(31,32)33;/h30H,5-23H2,1-4H3,(H,31,32,33);1H3. The minimum Gasteiger partial charge on any atom is -0.396 e. The highest BCUT2D eigenvalue weighted by molar-refractivity contribution is 7.86. The molecule has 6 heteroatoms. The van der Waals surface area contributed by atoms with Crippen molar-refractivity contribution in [3.8, 4) is 0 Å². The summed E-state index contributed by atoms with van der Waals surface area (Å²) >= 11 is 0. The minimum atomic E-state index is -4.29. The Morgan fingerprint density at radius 3 is 1.26 bits per heavy atom. The summed E-state index contributed by atoms with van der Waals surface area (Å²) in [4.78, 5) is 0.0352. The zero-order chi connectivity index (χ0) is 25.4. The summed E-state index contributed by atoms with van der Waals surface area (Å²) in [6, 6.07) is 0. The van der Waals surface area contributed by atoms with E-state index in [4.69, 9.17) is 0 Å². The molecule has 0 amide bonds. The molecule has 0 fully saturated rings. The predicted octanol–water partition coefficient (Wildman–Crippen LogP) is 8.36. The van der Waals surface area contributed by atoms with Gasteiger partial charge in [-0.15, -0.1) is 0 Å². The van der Waals surface area contributed by atoms with Crippen LogP contribution in [-0.2, 0) is 23.0 Å². The van der Waals surface area contributed by atoms with Gasteiger partial charge in [-0.1, -0.05) is 103 Å². The molecule has 0 bridgehead atoms. The summed E-state index contributed by atoms with van der Waals surface area (Å²) in [6.45, 7) is 7.78. The Bertz CT molecular complexity index is 806. The molecule has 5 nitrogen and oxygen atoms in total. The van der Waals surface area contributed by atoms with Gasteiger partial charge >= 0.3 is 0 Å². The molecular weight excluding hydrogens is 458 g/mol. The third kappa shape index (κ3) is 12.7. The van der Waals surface area contributed by atoms with Crippen LogP contribution in [0.15, 0.2) is 4.90 Å².